The summed E-state index contributed by atoms with van der Waals surface area (Å²) in [4.78, 5) is 2.03. The molecule has 8 heteroatoms. The molecular weight excluding hydrogens is 335 g/mol. The van der Waals surface area contributed by atoms with Crippen molar-refractivity contribution < 1.29 is 13.5 Å². The van der Waals surface area contributed by atoms with Crippen molar-refractivity contribution in [3.63, 3.8) is 0 Å². The number of likely N-dealkylation sites (N-methyl/N-ethyl adjacent to an activating group) is 1. The summed E-state index contributed by atoms with van der Waals surface area (Å²) in [5, 5.41) is 9.48. The minimum absolute atomic E-state index is 0.0262. The third-order valence-corrected chi connectivity index (χ3v) is 6.01. The van der Waals surface area contributed by atoms with E-state index in [9.17, 15) is 13.5 Å². The van der Waals surface area contributed by atoms with E-state index in [-0.39, 0.29) is 26.5 Å². The Bertz CT molecular complexity index is 622. The molecule has 0 spiro atoms. The van der Waals surface area contributed by atoms with Gasteiger partial charge in [0.1, 0.15) is 4.90 Å². The quantitative estimate of drug-likeness (QED) is 0.867. The zero-order chi connectivity index (χ0) is 15.6. The Labute approximate surface area is 134 Å². The molecule has 1 saturated heterocycles. The number of benzene rings is 1. The van der Waals surface area contributed by atoms with Crippen molar-refractivity contribution in [1.29, 1.82) is 0 Å². The van der Waals surface area contributed by atoms with Gasteiger partial charge in [0.25, 0.3) is 0 Å². The standard InChI is InChI=1S/C13H18Cl2N2O3S/c1-17-6-2-3-9(7-17)16-21(19,20)12-5-4-11(14)10(8-18)13(12)15/h4-5,9,16,18H,2-3,6-8H2,1H3. The van der Waals surface area contributed by atoms with Gasteiger partial charge < -0.3 is 10.0 Å². The third kappa shape index (κ3) is 3.88. The van der Waals surface area contributed by atoms with Gasteiger partial charge in [-0.15, -0.1) is 0 Å². The van der Waals surface area contributed by atoms with Crippen molar-refractivity contribution in [2.45, 2.75) is 30.4 Å². The summed E-state index contributed by atoms with van der Waals surface area (Å²) in [6, 6.07) is 2.65. The molecule has 0 aromatic heterocycles. The number of piperidine rings is 1. The molecule has 1 aliphatic heterocycles. The van der Waals surface area contributed by atoms with E-state index in [0.717, 1.165) is 19.4 Å². The fourth-order valence-electron chi connectivity index (χ4n) is 2.47. The molecule has 2 N–H and O–H groups in total. The number of sulfonamides is 1. The Morgan fingerprint density at radius 1 is 1.43 bits per heavy atom. The van der Waals surface area contributed by atoms with Gasteiger partial charge in [-0.05, 0) is 38.6 Å². The van der Waals surface area contributed by atoms with Crippen molar-refractivity contribution >= 4 is 33.2 Å². The van der Waals surface area contributed by atoms with Crippen LogP contribution in [0, 0.1) is 0 Å². The summed E-state index contributed by atoms with van der Waals surface area (Å²) >= 11 is 12.0. The molecule has 0 amide bonds. The summed E-state index contributed by atoms with van der Waals surface area (Å²) in [6.45, 7) is 1.22. The average Bonchev–Trinajstić information content (AvgIpc) is 2.38. The van der Waals surface area contributed by atoms with Crippen LogP contribution in [0.3, 0.4) is 0 Å². The van der Waals surface area contributed by atoms with E-state index in [4.69, 9.17) is 23.2 Å². The molecule has 1 fully saturated rings. The smallest absolute Gasteiger partial charge is 0.242 e. The van der Waals surface area contributed by atoms with E-state index in [1.165, 1.54) is 12.1 Å². The van der Waals surface area contributed by atoms with E-state index < -0.39 is 16.6 Å². The summed E-state index contributed by atoms with van der Waals surface area (Å²) in [7, 11) is -1.78. The van der Waals surface area contributed by atoms with Crippen LogP contribution in [0.4, 0.5) is 0 Å². The lowest BCUT2D eigenvalue weighted by Crippen LogP contribution is -2.46. The van der Waals surface area contributed by atoms with E-state index in [1.807, 2.05) is 7.05 Å². The molecule has 1 aromatic rings. The summed E-state index contributed by atoms with van der Waals surface area (Å²) < 4.78 is 27.6. The number of rotatable bonds is 4. The van der Waals surface area contributed by atoms with Crippen molar-refractivity contribution in [3.05, 3.63) is 27.7 Å². The lowest BCUT2D eigenvalue weighted by molar-refractivity contribution is 0.242. The van der Waals surface area contributed by atoms with Gasteiger partial charge in [0.2, 0.25) is 10.0 Å². The highest BCUT2D eigenvalue weighted by molar-refractivity contribution is 7.89. The topological polar surface area (TPSA) is 69.6 Å². The van der Waals surface area contributed by atoms with E-state index in [0.29, 0.717) is 6.54 Å². The Morgan fingerprint density at radius 3 is 2.76 bits per heavy atom. The first-order chi connectivity index (χ1) is 9.85. The number of nitrogens with one attached hydrogen (secondary N) is 1. The Kier molecular flexibility index (Phi) is 5.51. The molecule has 0 saturated carbocycles. The maximum Gasteiger partial charge on any atom is 0.242 e. The molecule has 2 rings (SSSR count). The molecule has 0 aliphatic carbocycles. The van der Waals surface area contributed by atoms with Crippen LogP contribution >= 0.6 is 23.2 Å². The number of hydrogen-bond acceptors (Lipinski definition) is 4. The molecule has 21 heavy (non-hydrogen) atoms. The van der Waals surface area contributed by atoms with Gasteiger partial charge in [-0.2, -0.15) is 0 Å². The Balaban J connectivity index is 2.27. The van der Waals surface area contributed by atoms with Crippen LogP contribution < -0.4 is 4.72 Å². The van der Waals surface area contributed by atoms with Crippen LogP contribution in [0.15, 0.2) is 17.0 Å². The highest BCUT2D eigenvalue weighted by atomic mass is 35.5. The number of likely N-dealkylation sites (tertiary alicyclic amines) is 1. The van der Waals surface area contributed by atoms with Crippen molar-refractivity contribution in [2.75, 3.05) is 20.1 Å². The van der Waals surface area contributed by atoms with Gasteiger partial charge in [-0.25, -0.2) is 13.1 Å². The van der Waals surface area contributed by atoms with Crippen LogP contribution in [0.1, 0.15) is 18.4 Å². The minimum Gasteiger partial charge on any atom is -0.392 e. The summed E-state index contributed by atoms with van der Waals surface area (Å²) in [5.74, 6) is 0. The van der Waals surface area contributed by atoms with Crippen molar-refractivity contribution in [2.24, 2.45) is 0 Å². The van der Waals surface area contributed by atoms with E-state index >= 15 is 0 Å². The lowest BCUT2D eigenvalue weighted by atomic mass is 10.1. The molecule has 1 aliphatic rings. The first kappa shape index (κ1) is 17.0. The van der Waals surface area contributed by atoms with Gasteiger partial charge in [-0.1, -0.05) is 23.2 Å². The summed E-state index contributed by atoms with van der Waals surface area (Å²) in [5.41, 5.74) is 0.224. The average molecular weight is 353 g/mol. The number of nitrogens with zero attached hydrogens (tertiary/aromatic N) is 1. The van der Waals surface area contributed by atoms with Crippen molar-refractivity contribution in [3.8, 4) is 0 Å². The van der Waals surface area contributed by atoms with Crippen LogP contribution in [0.25, 0.3) is 0 Å². The van der Waals surface area contributed by atoms with Gasteiger partial charge >= 0.3 is 0 Å². The summed E-state index contributed by atoms with van der Waals surface area (Å²) in [6.07, 6.45) is 1.74. The fraction of sp³-hybridized carbons (Fsp3) is 0.538. The zero-order valence-corrected chi connectivity index (χ0v) is 14.0. The van der Waals surface area contributed by atoms with Crippen molar-refractivity contribution in [1.82, 2.24) is 9.62 Å². The van der Waals surface area contributed by atoms with Crippen LogP contribution in [-0.2, 0) is 16.6 Å². The number of halogens is 2. The molecular formula is C13H18Cl2N2O3S. The van der Waals surface area contributed by atoms with Gasteiger partial charge in [-0.3, -0.25) is 0 Å². The van der Waals surface area contributed by atoms with Gasteiger partial charge in [0.05, 0.1) is 11.6 Å². The van der Waals surface area contributed by atoms with Crippen LogP contribution in [0.5, 0.6) is 0 Å². The molecule has 1 aromatic carbocycles. The lowest BCUT2D eigenvalue weighted by Gasteiger charge is -2.30. The largest absolute Gasteiger partial charge is 0.392 e. The minimum atomic E-state index is -3.74. The SMILES string of the molecule is CN1CCCC(NS(=O)(=O)c2ccc(Cl)c(CO)c2Cl)C1. The predicted octanol–water partition coefficient (Wildman–Crippen LogP) is 1.86. The van der Waals surface area contributed by atoms with E-state index in [1.54, 1.807) is 0 Å². The van der Waals surface area contributed by atoms with Crippen LogP contribution in [-0.4, -0.2) is 44.6 Å². The second kappa shape index (κ2) is 6.81. The highest BCUT2D eigenvalue weighted by Crippen LogP contribution is 2.31. The molecule has 118 valence electrons. The molecule has 0 bridgehead atoms. The number of hydrogen-bond donors (Lipinski definition) is 2. The first-order valence-electron chi connectivity index (χ1n) is 6.63. The highest BCUT2D eigenvalue weighted by Gasteiger charge is 2.26. The van der Waals surface area contributed by atoms with E-state index in [2.05, 4.69) is 9.62 Å². The molecule has 0 radical (unpaired) electrons. The predicted molar refractivity (Wildman–Crippen MR) is 83.2 cm³/mol. The fourth-order valence-corrected chi connectivity index (χ4v) is 4.63. The maximum absolute atomic E-state index is 12.5. The molecule has 1 heterocycles. The first-order valence-corrected chi connectivity index (χ1v) is 8.87. The monoisotopic (exact) mass is 352 g/mol. The van der Waals surface area contributed by atoms with Gasteiger partial charge in [0.15, 0.2) is 0 Å². The second-order valence-electron chi connectivity index (χ2n) is 5.22. The van der Waals surface area contributed by atoms with Gasteiger partial charge in [0, 0.05) is 23.2 Å². The zero-order valence-electron chi connectivity index (χ0n) is 11.6. The number of aliphatic hydroxyl groups excluding tert-OH is 1. The Hall–Kier alpha value is -0.370. The maximum atomic E-state index is 12.5. The molecule has 1 atom stereocenters. The molecule has 1 unspecified atom stereocenters. The third-order valence-electron chi connectivity index (χ3n) is 3.54. The number of aliphatic hydroxyl groups is 1. The Morgan fingerprint density at radius 2 is 2.14 bits per heavy atom. The second-order valence-corrected chi connectivity index (χ2v) is 7.69. The van der Waals surface area contributed by atoms with Crippen LogP contribution in [0.2, 0.25) is 10.0 Å². The normalized spacial score (nSPS) is 20.7. The molecule has 5 nitrogen and oxygen atoms in total.